The summed E-state index contributed by atoms with van der Waals surface area (Å²) in [6.45, 7) is 4.87. The van der Waals surface area contributed by atoms with E-state index in [2.05, 4.69) is 53.3 Å². The highest BCUT2D eigenvalue weighted by molar-refractivity contribution is 5.79. The third kappa shape index (κ3) is 4.75. The molecule has 1 heteroatoms. The molecule has 0 N–H and O–H groups in total. The summed E-state index contributed by atoms with van der Waals surface area (Å²) in [6.07, 6.45) is 16.5. The van der Waals surface area contributed by atoms with Crippen molar-refractivity contribution in [2.75, 3.05) is 6.54 Å². The minimum absolute atomic E-state index is 0.353. The van der Waals surface area contributed by atoms with Gasteiger partial charge in [0.2, 0.25) is 0 Å². The quantitative estimate of drug-likeness (QED) is 0.514. The molecule has 0 aliphatic heterocycles. The van der Waals surface area contributed by atoms with Gasteiger partial charge in [-0.05, 0) is 38.7 Å². The molecule has 2 rings (SSSR count). The molecule has 0 amide bonds. The lowest BCUT2D eigenvalue weighted by atomic mass is 9.96. The Balaban J connectivity index is 1.89. The summed E-state index contributed by atoms with van der Waals surface area (Å²) in [4.78, 5) is 4.44. The van der Waals surface area contributed by atoms with Crippen LogP contribution in [0, 0.1) is 17.8 Å². The zero-order chi connectivity index (χ0) is 13.5. The van der Waals surface area contributed by atoms with Crippen molar-refractivity contribution in [3.8, 4) is 11.8 Å². The highest BCUT2D eigenvalue weighted by atomic mass is 14.7. The van der Waals surface area contributed by atoms with Gasteiger partial charge in [-0.15, -0.1) is 0 Å². The highest BCUT2D eigenvalue weighted by Gasteiger charge is 2.05. The van der Waals surface area contributed by atoms with Gasteiger partial charge in [0.1, 0.15) is 0 Å². The van der Waals surface area contributed by atoms with Crippen molar-refractivity contribution in [1.82, 2.24) is 0 Å². The van der Waals surface area contributed by atoms with Crippen LogP contribution >= 0.6 is 0 Å². The molecule has 0 fully saturated rings. The van der Waals surface area contributed by atoms with Crippen molar-refractivity contribution in [3.63, 3.8) is 0 Å². The monoisotopic (exact) mass is 251 g/mol. The Morgan fingerprint density at radius 1 is 1.26 bits per heavy atom. The first-order valence-electron chi connectivity index (χ1n) is 6.97. The van der Waals surface area contributed by atoms with Crippen LogP contribution in [0.4, 0.5) is 0 Å². The van der Waals surface area contributed by atoms with Crippen LogP contribution in [-0.2, 0) is 0 Å². The standard InChI is InChI=1S/C18H21N/c1-15(2)19-14-18-12-10-17(11-13-18)9-8-16-6-4-3-5-7-16/h4,6-7,10,12-13,17H,3,5,11,14H2,1-2H3. The summed E-state index contributed by atoms with van der Waals surface area (Å²) in [5.74, 6) is 6.97. The van der Waals surface area contributed by atoms with Crippen LogP contribution < -0.4 is 0 Å². The molecule has 0 bridgehead atoms. The van der Waals surface area contributed by atoms with Gasteiger partial charge >= 0.3 is 0 Å². The van der Waals surface area contributed by atoms with Crippen LogP contribution in [0.5, 0.6) is 0 Å². The van der Waals surface area contributed by atoms with Gasteiger partial charge in [-0.1, -0.05) is 48.3 Å². The number of allylic oxidation sites excluding steroid dienone is 6. The Kier molecular flexibility index (Phi) is 4.98. The van der Waals surface area contributed by atoms with E-state index >= 15 is 0 Å². The number of rotatable bonds is 2. The van der Waals surface area contributed by atoms with E-state index in [4.69, 9.17) is 0 Å². The summed E-state index contributed by atoms with van der Waals surface area (Å²) < 4.78 is 0. The Morgan fingerprint density at radius 2 is 2.16 bits per heavy atom. The molecule has 0 radical (unpaired) electrons. The Labute approximate surface area is 116 Å². The SMILES string of the molecule is CC(C)=NCC1=CCC(C#CC2=CCCC=C2)C=C1. The predicted octanol–water partition coefficient (Wildman–Crippen LogP) is 4.25. The first kappa shape index (κ1) is 13.6. The van der Waals surface area contributed by atoms with Gasteiger partial charge in [0.05, 0.1) is 6.54 Å². The Morgan fingerprint density at radius 3 is 2.79 bits per heavy atom. The van der Waals surface area contributed by atoms with Crippen molar-refractivity contribution in [2.45, 2.75) is 33.1 Å². The number of hydrogen-bond acceptors (Lipinski definition) is 1. The molecular formula is C18H21N. The van der Waals surface area contributed by atoms with Crippen LogP contribution in [0.25, 0.3) is 0 Å². The second-order valence-corrected chi connectivity index (χ2v) is 5.15. The largest absolute Gasteiger partial charge is 0.290 e. The fraction of sp³-hybridized carbons (Fsp3) is 0.389. The van der Waals surface area contributed by atoms with E-state index in [0.29, 0.717) is 5.92 Å². The van der Waals surface area contributed by atoms with Crippen molar-refractivity contribution in [3.05, 3.63) is 47.6 Å². The van der Waals surface area contributed by atoms with Gasteiger partial charge in [0.15, 0.2) is 0 Å². The summed E-state index contributed by atoms with van der Waals surface area (Å²) in [5, 5.41) is 0. The smallest absolute Gasteiger partial charge is 0.0635 e. The fourth-order valence-corrected chi connectivity index (χ4v) is 2.02. The summed E-state index contributed by atoms with van der Waals surface area (Å²) in [5.41, 5.74) is 3.60. The van der Waals surface area contributed by atoms with E-state index in [1.54, 1.807) is 0 Å². The lowest BCUT2D eigenvalue weighted by Gasteiger charge is -2.10. The number of hydrogen-bond donors (Lipinski definition) is 0. The van der Waals surface area contributed by atoms with Gasteiger partial charge in [0.25, 0.3) is 0 Å². The number of aliphatic imine (C=N–C) groups is 1. The second-order valence-electron chi connectivity index (χ2n) is 5.15. The van der Waals surface area contributed by atoms with E-state index in [1.165, 1.54) is 11.1 Å². The third-order valence-corrected chi connectivity index (χ3v) is 3.15. The minimum atomic E-state index is 0.353. The maximum atomic E-state index is 4.44. The average molecular weight is 251 g/mol. The zero-order valence-electron chi connectivity index (χ0n) is 11.8. The van der Waals surface area contributed by atoms with Gasteiger partial charge in [0, 0.05) is 17.2 Å². The van der Waals surface area contributed by atoms with Crippen LogP contribution in [-0.4, -0.2) is 12.3 Å². The normalized spacial score (nSPS) is 21.1. The number of nitrogens with zero attached hydrogens (tertiary/aromatic N) is 1. The maximum absolute atomic E-state index is 4.44. The third-order valence-electron chi connectivity index (χ3n) is 3.15. The lowest BCUT2D eigenvalue weighted by Crippen LogP contribution is -1.99. The molecule has 0 spiro atoms. The van der Waals surface area contributed by atoms with Crippen molar-refractivity contribution in [1.29, 1.82) is 0 Å². The van der Waals surface area contributed by atoms with E-state index in [-0.39, 0.29) is 0 Å². The highest BCUT2D eigenvalue weighted by Crippen LogP contribution is 2.16. The van der Waals surface area contributed by atoms with Crippen molar-refractivity contribution in [2.24, 2.45) is 10.9 Å². The van der Waals surface area contributed by atoms with E-state index in [0.717, 1.165) is 31.5 Å². The van der Waals surface area contributed by atoms with Crippen LogP contribution in [0.1, 0.15) is 33.1 Å². The average Bonchev–Trinajstić information content (AvgIpc) is 2.45. The lowest BCUT2D eigenvalue weighted by molar-refractivity contribution is 0.837. The van der Waals surface area contributed by atoms with E-state index < -0.39 is 0 Å². The first-order valence-corrected chi connectivity index (χ1v) is 6.97. The fourth-order valence-electron chi connectivity index (χ4n) is 2.02. The molecule has 1 atom stereocenters. The second kappa shape index (κ2) is 6.95. The van der Waals surface area contributed by atoms with Gasteiger partial charge < -0.3 is 0 Å². The molecule has 0 aromatic rings. The molecule has 0 aromatic carbocycles. The first-order chi connectivity index (χ1) is 9.24. The summed E-state index contributed by atoms with van der Waals surface area (Å²) in [6, 6.07) is 0. The molecule has 19 heavy (non-hydrogen) atoms. The molecule has 0 saturated heterocycles. The van der Waals surface area contributed by atoms with Gasteiger partial charge in [-0.25, -0.2) is 0 Å². The van der Waals surface area contributed by atoms with Gasteiger partial charge in [-0.2, -0.15) is 0 Å². The summed E-state index contributed by atoms with van der Waals surface area (Å²) in [7, 11) is 0. The van der Waals surface area contributed by atoms with Gasteiger partial charge in [-0.3, -0.25) is 4.99 Å². The van der Waals surface area contributed by atoms with Crippen LogP contribution in [0.3, 0.4) is 0 Å². The molecule has 0 heterocycles. The van der Waals surface area contributed by atoms with E-state index in [9.17, 15) is 0 Å². The molecule has 0 saturated carbocycles. The van der Waals surface area contributed by atoms with E-state index in [1.807, 2.05) is 13.8 Å². The molecule has 1 nitrogen and oxygen atoms in total. The molecular weight excluding hydrogens is 230 g/mol. The zero-order valence-corrected chi connectivity index (χ0v) is 11.8. The molecule has 98 valence electrons. The predicted molar refractivity (Wildman–Crippen MR) is 83.2 cm³/mol. The molecule has 0 aromatic heterocycles. The van der Waals surface area contributed by atoms with Crippen molar-refractivity contribution < 1.29 is 0 Å². The molecule has 1 unspecified atom stereocenters. The topological polar surface area (TPSA) is 12.4 Å². The maximum Gasteiger partial charge on any atom is 0.0635 e. The molecule has 2 aliphatic rings. The van der Waals surface area contributed by atoms with Crippen LogP contribution in [0.2, 0.25) is 0 Å². The van der Waals surface area contributed by atoms with Crippen molar-refractivity contribution >= 4 is 5.71 Å². The molecule has 2 aliphatic carbocycles. The Bertz CT molecular complexity index is 526. The van der Waals surface area contributed by atoms with Crippen LogP contribution in [0.15, 0.2) is 52.6 Å². The summed E-state index contributed by atoms with van der Waals surface area (Å²) >= 11 is 0. The minimum Gasteiger partial charge on any atom is -0.290 e. The Hall–Kier alpha value is -1.81.